The van der Waals surface area contributed by atoms with E-state index in [4.69, 9.17) is 9.47 Å². The molecule has 3 aromatic carbocycles. The maximum atomic E-state index is 12.7. The number of hydrogen-bond donors (Lipinski definition) is 1. The lowest BCUT2D eigenvalue weighted by molar-refractivity contribution is -0.384. The van der Waals surface area contributed by atoms with Gasteiger partial charge >= 0.3 is 0 Å². The lowest BCUT2D eigenvalue weighted by Gasteiger charge is -2.18. The molecule has 7 nitrogen and oxygen atoms in total. The van der Waals surface area contributed by atoms with Crippen LogP contribution in [0, 0.1) is 24.0 Å². The minimum absolute atomic E-state index is 0.0643. The summed E-state index contributed by atoms with van der Waals surface area (Å²) in [4.78, 5) is 23.5. The Hall–Kier alpha value is -3.87. The Kier molecular flexibility index (Phi) is 6.55. The van der Waals surface area contributed by atoms with E-state index in [0.29, 0.717) is 28.3 Å². The highest BCUT2D eigenvalue weighted by Gasteiger charge is 2.20. The molecular weight excluding hydrogens is 396 g/mol. The summed E-state index contributed by atoms with van der Waals surface area (Å²) in [7, 11) is 1.56. The summed E-state index contributed by atoms with van der Waals surface area (Å²) in [5.74, 6) is 0.725. The zero-order valence-electron chi connectivity index (χ0n) is 17.8. The van der Waals surface area contributed by atoms with Gasteiger partial charge in [0.05, 0.1) is 12.0 Å². The SMILES string of the molecule is COc1ccc(-c2cc([N+](=O)[O-])ccc2O[C@@H](C)C(=O)Nc2ccc(C)cc2C)cc1. The van der Waals surface area contributed by atoms with Crippen LogP contribution in [0.15, 0.2) is 60.7 Å². The summed E-state index contributed by atoms with van der Waals surface area (Å²) >= 11 is 0. The lowest BCUT2D eigenvalue weighted by atomic mass is 10.0. The van der Waals surface area contributed by atoms with Crippen molar-refractivity contribution in [3.8, 4) is 22.6 Å². The van der Waals surface area contributed by atoms with Crippen LogP contribution in [0.5, 0.6) is 11.5 Å². The van der Waals surface area contributed by atoms with Crippen molar-refractivity contribution in [2.24, 2.45) is 0 Å². The van der Waals surface area contributed by atoms with Crippen molar-refractivity contribution in [3.05, 3.63) is 81.9 Å². The summed E-state index contributed by atoms with van der Waals surface area (Å²) < 4.78 is 11.1. The third-order valence-corrected chi connectivity index (χ3v) is 4.89. The Morgan fingerprint density at radius 2 is 1.74 bits per heavy atom. The van der Waals surface area contributed by atoms with Crippen LogP contribution in [0.1, 0.15) is 18.1 Å². The molecule has 0 bridgehead atoms. The summed E-state index contributed by atoms with van der Waals surface area (Å²) in [5, 5.41) is 14.1. The summed E-state index contributed by atoms with van der Waals surface area (Å²) in [5.41, 5.74) is 3.94. The summed E-state index contributed by atoms with van der Waals surface area (Å²) in [6.07, 6.45) is -0.820. The standard InChI is InChI=1S/C24H24N2O5/c1-15-5-11-22(16(2)13-15)25-24(27)17(3)31-23-12-8-19(26(28)29)14-21(23)18-6-9-20(30-4)10-7-18/h5-14,17H,1-4H3,(H,25,27)/t17-/m0/s1. The van der Waals surface area contributed by atoms with Crippen LogP contribution >= 0.6 is 0 Å². The monoisotopic (exact) mass is 420 g/mol. The molecule has 31 heavy (non-hydrogen) atoms. The second kappa shape index (κ2) is 9.30. The number of non-ortho nitro benzene ring substituents is 1. The maximum absolute atomic E-state index is 12.7. The van der Waals surface area contributed by atoms with Crippen molar-refractivity contribution in [3.63, 3.8) is 0 Å². The predicted molar refractivity (Wildman–Crippen MR) is 120 cm³/mol. The first-order chi connectivity index (χ1) is 14.8. The van der Waals surface area contributed by atoms with E-state index in [9.17, 15) is 14.9 Å². The lowest BCUT2D eigenvalue weighted by Crippen LogP contribution is -2.30. The van der Waals surface area contributed by atoms with Gasteiger partial charge in [-0.15, -0.1) is 0 Å². The van der Waals surface area contributed by atoms with Crippen molar-refractivity contribution in [2.75, 3.05) is 12.4 Å². The van der Waals surface area contributed by atoms with Gasteiger partial charge in [0, 0.05) is 23.4 Å². The predicted octanol–water partition coefficient (Wildman–Crippen LogP) is 5.29. The van der Waals surface area contributed by atoms with Gasteiger partial charge in [-0.2, -0.15) is 0 Å². The first kappa shape index (κ1) is 21.8. The second-order valence-electron chi connectivity index (χ2n) is 7.23. The molecule has 1 amide bonds. The van der Waals surface area contributed by atoms with Crippen LogP contribution in [0.4, 0.5) is 11.4 Å². The number of rotatable bonds is 7. The molecule has 160 valence electrons. The molecule has 0 aliphatic heterocycles. The van der Waals surface area contributed by atoms with Crippen LogP contribution in [0.2, 0.25) is 0 Å². The fourth-order valence-corrected chi connectivity index (χ4v) is 3.16. The van der Waals surface area contributed by atoms with Crippen LogP contribution in [-0.4, -0.2) is 24.0 Å². The van der Waals surface area contributed by atoms with Crippen LogP contribution in [0.25, 0.3) is 11.1 Å². The highest BCUT2D eigenvalue weighted by molar-refractivity contribution is 5.95. The van der Waals surface area contributed by atoms with E-state index in [1.165, 1.54) is 18.2 Å². The van der Waals surface area contributed by atoms with Crippen LogP contribution in [0.3, 0.4) is 0 Å². The van der Waals surface area contributed by atoms with Gasteiger partial charge in [-0.3, -0.25) is 14.9 Å². The highest BCUT2D eigenvalue weighted by Crippen LogP contribution is 2.35. The van der Waals surface area contributed by atoms with Gasteiger partial charge in [0.25, 0.3) is 11.6 Å². The second-order valence-corrected chi connectivity index (χ2v) is 7.23. The minimum Gasteiger partial charge on any atom is -0.497 e. The van der Waals surface area contributed by atoms with E-state index in [-0.39, 0.29) is 11.6 Å². The van der Waals surface area contributed by atoms with Crippen LogP contribution < -0.4 is 14.8 Å². The highest BCUT2D eigenvalue weighted by atomic mass is 16.6. The van der Waals surface area contributed by atoms with E-state index >= 15 is 0 Å². The molecular formula is C24H24N2O5. The number of hydrogen-bond acceptors (Lipinski definition) is 5. The zero-order chi connectivity index (χ0) is 22.5. The number of carbonyl (C=O) groups is 1. The first-order valence-corrected chi connectivity index (χ1v) is 9.76. The molecule has 0 heterocycles. The molecule has 0 aromatic heterocycles. The molecule has 0 radical (unpaired) electrons. The molecule has 0 aliphatic rings. The number of nitrogens with zero attached hydrogens (tertiary/aromatic N) is 1. The van der Waals surface area contributed by atoms with E-state index in [0.717, 1.165) is 11.1 Å². The molecule has 1 N–H and O–H groups in total. The Morgan fingerprint density at radius 3 is 2.35 bits per heavy atom. The Bertz CT molecular complexity index is 1110. The van der Waals surface area contributed by atoms with Gasteiger partial charge in [-0.25, -0.2) is 0 Å². The number of nitro groups is 1. The average molecular weight is 420 g/mol. The molecule has 3 rings (SSSR count). The number of nitro benzene ring substituents is 1. The molecule has 0 saturated carbocycles. The van der Waals surface area contributed by atoms with E-state index in [1.54, 1.807) is 38.3 Å². The fraction of sp³-hybridized carbons (Fsp3) is 0.208. The van der Waals surface area contributed by atoms with Crippen molar-refractivity contribution >= 4 is 17.3 Å². The number of benzene rings is 3. The van der Waals surface area contributed by atoms with E-state index in [2.05, 4.69) is 5.32 Å². The Labute approximate surface area is 180 Å². The quantitative estimate of drug-likeness (QED) is 0.414. The Balaban J connectivity index is 1.86. The molecule has 0 spiro atoms. The number of nitrogens with one attached hydrogen (secondary N) is 1. The maximum Gasteiger partial charge on any atom is 0.270 e. The third kappa shape index (κ3) is 5.19. The van der Waals surface area contributed by atoms with E-state index < -0.39 is 11.0 Å². The largest absolute Gasteiger partial charge is 0.497 e. The number of anilines is 1. The molecule has 0 fully saturated rings. The number of amides is 1. The van der Waals surface area contributed by atoms with Gasteiger partial charge in [0.2, 0.25) is 0 Å². The molecule has 0 saturated heterocycles. The molecule has 0 aliphatic carbocycles. The van der Waals surface area contributed by atoms with Gasteiger partial charge in [-0.1, -0.05) is 29.8 Å². The number of methoxy groups -OCH3 is 1. The summed E-state index contributed by atoms with van der Waals surface area (Å²) in [6, 6.07) is 17.1. The average Bonchev–Trinajstić information content (AvgIpc) is 2.75. The number of ether oxygens (including phenoxy) is 2. The van der Waals surface area contributed by atoms with Gasteiger partial charge in [-0.05, 0) is 56.2 Å². The summed E-state index contributed by atoms with van der Waals surface area (Å²) in [6.45, 7) is 5.55. The third-order valence-electron chi connectivity index (χ3n) is 4.89. The van der Waals surface area contributed by atoms with Gasteiger partial charge in [0.1, 0.15) is 11.5 Å². The molecule has 0 unspecified atom stereocenters. The van der Waals surface area contributed by atoms with Gasteiger partial charge in [0.15, 0.2) is 6.10 Å². The van der Waals surface area contributed by atoms with Crippen molar-refractivity contribution in [1.82, 2.24) is 0 Å². The van der Waals surface area contributed by atoms with Crippen molar-refractivity contribution in [2.45, 2.75) is 26.9 Å². The molecule has 7 heteroatoms. The number of carbonyl (C=O) groups excluding carboxylic acids is 1. The Morgan fingerprint density at radius 1 is 1.03 bits per heavy atom. The molecule has 1 atom stereocenters. The smallest absolute Gasteiger partial charge is 0.270 e. The minimum atomic E-state index is -0.820. The topological polar surface area (TPSA) is 90.7 Å². The molecule has 3 aromatic rings. The zero-order valence-corrected chi connectivity index (χ0v) is 17.8. The van der Waals surface area contributed by atoms with E-state index in [1.807, 2.05) is 32.0 Å². The number of aryl methyl sites for hydroxylation is 2. The van der Waals surface area contributed by atoms with Gasteiger partial charge < -0.3 is 14.8 Å². The fourth-order valence-electron chi connectivity index (χ4n) is 3.16. The van der Waals surface area contributed by atoms with Crippen LogP contribution in [-0.2, 0) is 4.79 Å². The first-order valence-electron chi connectivity index (χ1n) is 9.76. The van der Waals surface area contributed by atoms with Crippen molar-refractivity contribution in [1.29, 1.82) is 0 Å². The normalized spacial score (nSPS) is 11.5. The van der Waals surface area contributed by atoms with Crippen molar-refractivity contribution < 1.29 is 19.2 Å².